The fraction of sp³-hybridized carbons (Fsp3) is 0.857. The Kier molecular flexibility index (Phi) is 3.82. The lowest BCUT2D eigenvalue weighted by atomic mass is 10.1. The van der Waals surface area contributed by atoms with Crippen LogP contribution >= 0.6 is 0 Å². The van der Waals surface area contributed by atoms with E-state index < -0.39 is 0 Å². The predicted molar refractivity (Wildman–Crippen MR) is 37.0 cm³/mol. The second-order valence-corrected chi connectivity index (χ2v) is 2.55. The van der Waals surface area contributed by atoms with E-state index in [1.165, 1.54) is 0 Å². The number of rotatable bonds is 4. The molecule has 0 fully saturated rings. The molecule has 0 saturated heterocycles. The standard InChI is InChI=1S/C7H15O2/c1-5-9-7(2,3)6-8-4/h5H,6H2,1-4H3. The Morgan fingerprint density at radius 1 is 1.44 bits per heavy atom. The fourth-order valence-electron chi connectivity index (χ4n) is 0.701. The minimum atomic E-state index is -0.177. The number of ether oxygens (including phenoxy) is 2. The van der Waals surface area contributed by atoms with Crippen LogP contribution in [0.1, 0.15) is 20.8 Å². The molecule has 0 atom stereocenters. The highest BCUT2D eigenvalue weighted by molar-refractivity contribution is 4.68. The smallest absolute Gasteiger partial charge is 0.0863 e. The molecule has 0 saturated carbocycles. The Morgan fingerprint density at radius 2 is 2.00 bits per heavy atom. The van der Waals surface area contributed by atoms with Crippen molar-refractivity contribution in [2.45, 2.75) is 26.4 Å². The largest absolute Gasteiger partial charge is 0.382 e. The Labute approximate surface area is 57.2 Å². The summed E-state index contributed by atoms with van der Waals surface area (Å²) in [6.07, 6.45) is 0. The van der Waals surface area contributed by atoms with Gasteiger partial charge in [0.25, 0.3) is 0 Å². The van der Waals surface area contributed by atoms with Crippen molar-refractivity contribution in [1.29, 1.82) is 0 Å². The lowest BCUT2D eigenvalue weighted by Crippen LogP contribution is -2.28. The van der Waals surface area contributed by atoms with Crippen LogP contribution in [0.15, 0.2) is 0 Å². The molecule has 0 aromatic heterocycles. The monoisotopic (exact) mass is 131 g/mol. The van der Waals surface area contributed by atoms with Gasteiger partial charge in [0.1, 0.15) is 0 Å². The van der Waals surface area contributed by atoms with Gasteiger partial charge in [0, 0.05) is 7.11 Å². The van der Waals surface area contributed by atoms with Gasteiger partial charge in [-0.1, -0.05) is 0 Å². The van der Waals surface area contributed by atoms with E-state index in [1.54, 1.807) is 13.7 Å². The first-order chi connectivity index (χ1) is 4.12. The molecule has 0 N–H and O–H groups in total. The number of methoxy groups -OCH3 is 1. The summed E-state index contributed by atoms with van der Waals surface area (Å²) in [6.45, 7) is 8.13. The van der Waals surface area contributed by atoms with Crippen molar-refractivity contribution in [2.75, 3.05) is 13.7 Å². The second kappa shape index (κ2) is 3.85. The van der Waals surface area contributed by atoms with Crippen LogP contribution in [0, 0.1) is 6.61 Å². The van der Waals surface area contributed by atoms with E-state index in [1.807, 2.05) is 20.8 Å². The van der Waals surface area contributed by atoms with Gasteiger partial charge >= 0.3 is 0 Å². The summed E-state index contributed by atoms with van der Waals surface area (Å²) in [4.78, 5) is 0. The van der Waals surface area contributed by atoms with Gasteiger partial charge in [-0.05, 0) is 20.8 Å². The Morgan fingerprint density at radius 3 is 2.33 bits per heavy atom. The van der Waals surface area contributed by atoms with Crippen molar-refractivity contribution in [3.8, 4) is 0 Å². The average molecular weight is 131 g/mol. The van der Waals surface area contributed by atoms with Crippen molar-refractivity contribution in [2.24, 2.45) is 0 Å². The molecule has 0 unspecified atom stereocenters. The molecule has 0 aromatic carbocycles. The van der Waals surface area contributed by atoms with Crippen molar-refractivity contribution < 1.29 is 9.47 Å². The van der Waals surface area contributed by atoms with Gasteiger partial charge in [-0.3, -0.25) is 0 Å². The minimum Gasteiger partial charge on any atom is -0.382 e. The molecule has 2 heteroatoms. The van der Waals surface area contributed by atoms with Crippen LogP contribution in [0.25, 0.3) is 0 Å². The van der Waals surface area contributed by atoms with Crippen molar-refractivity contribution in [3.63, 3.8) is 0 Å². The zero-order valence-corrected chi connectivity index (χ0v) is 6.60. The fourth-order valence-corrected chi connectivity index (χ4v) is 0.701. The molecule has 0 amide bonds. The highest BCUT2D eigenvalue weighted by atomic mass is 16.5. The van der Waals surface area contributed by atoms with Crippen LogP contribution in [0.2, 0.25) is 0 Å². The van der Waals surface area contributed by atoms with Gasteiger partial charge in [0.2, 0.25) is 0 Å². The first-order valence-corrected chi connectivity index (χ1v) is 3.07. The summed E-state index contributed by atoms with van der Waals surface area (Å²) in [5.41, 5.74) is -0.177. The first kappa shape index (κ1) is 8.92. The topological polar surface area (TPSA) is 18.5 Å². The van der Waals surface area contributed by atoms with Gasteiger partial charge in [0.05, 0.1) is 18.8 Å². The van der Waals surface area contributed by atoms with Crippen LogP contribution in [-0.2, 0) is 9.47 Å². The van der Waals surface area contributed by atoms with E-state index in [0.717, 1.165) is 0 Å². The molecular formula is C7H15O2. The van der Waals surface area contributed by atoms with E-state index in [4.69, 9.17) is 9.47 Å². The summed E-state index contributed by atoms with van der Waals surface area (Å²) in [5.74, 6) is 0. The maximum Gasteiger partial charge on any atom is 0.0863 e. The molecule has 0 rings (SSSR count). The Balaban J connectivity index is 3.43. The normalized spacial score (nSPS) is 12.0. The lowest BCUT2D eigenvalue weighted by Gasteiger charge is -2.22. The lowest BCUT2D eigenvalue weighted by molar-refractivity contribution is -0.0325. The molecule has 0 spiro atoms. The van der Waals surface area contributed by atoms with Crippen molar-refractivity contribution in [3.05, 3.63) is 6.61 Å². The van der Waals surface area contributed by atoms with Crippen LogP contribution in [0.3, 0.4) is 0 Å². The molecule has 2 nitrogen and oxygen atoms in total. The molecule has 0 aliphatic heterocycles. The third-order valence-corrected chi connectivity index (χ3v) is 0.929. The quantitative estimate of drug-likeness (QED) is 0.577. The third-order valence-electron chi connectivity index (χ3n) is 0.929. The van der Waals surface area contributed by atoms with E-state index in [0.29, 0.717) is 6.61 Å². The van der Waals surface area contributed by atoms with Gasteiger partial charge in [-0.15, -0.1) is 0 Å². The summed E-state index contributed by atoms with van der Waals surface area (Å²) in [7, 11) is 1.67. The van der Waals surface area contributed by atoms with Crippen LogP contribution in [0.5, 0.6) is 0 Å². The highest BCUT2D eigenvalue weighted by Crippen LogP contribution is 2.09. The third kappa shape index (κ3) is 4.43. The second-order valence-electron chi connectivity index (χ2n) is 2.55. The molecular weight excluding hydrogens is 116 g/mol. The van der Waals surface area contributed by atoms with Crippen LogP contribution in [0.4, 0.5) is 0 Å². The first-order valence-electron chi connectivity index (χ1n) is 3.07. The zero-order chi connectivity index (χ0) is 7.33. The zero-order valence-electron chi connectivity index (χ0n) is 6.60. The van der Waals surface area contributed by atoms with E-state index in [-0.39, 0.29) is 5.60 Å². The summed E-state index contributed by atoms with van der Waals surface area (Å²) in [5, 5.41) is 0. The van der Waals surface area contributed by atoms with Gasteiger partial charge < -0.3 is 9.47 Å². The van der Waals surface area contributed by atoms with E-state index in [2.05, 4.69) is 0 Å². The number of hydrogen-bond acceptors (Lipinski definition) is 2. The molecule has 0 heterocycles. The van der Waals surface area contributed by atoms with Gasteiger partial charge in [-0.25, -0.2) is 0 Å². The van der Waals surface area contributed by atoms with E-state index >= 15 is 0 Å². The van der Waals surface area contributed by atoms with Gasteiger partial charge in [0.15, 0.2) is 0 Å². The maximum atomic E-state index is 5.22. The molecule has 0 bridgehead atoms. The summed E-state index contributed by atoms with van der Waals surface area (Å²) >= 11 is 0. The van der Waals surface area contributed by atoms with Crippen molar-refractivity contribution >= 4 is 0 Å². The minimum absolute atomic E-state index is 0.177. The SMILES string of the molecule is C[CH]OC(C)(C)COC. The van der Waals surface area contributed by atoms with Crippen LogP contribution < -0.4 is 0 Å². The Hall–Kier alpha value is -0.0800. The molecule has 0 aliphatic rings. The van der Waals surface area contributed by atoms with Gasteiger partial charge in [-0.2, -0.15) is 0 Å². The number of hydrogen-bond donors (Lipinski definition) is 0. The van der Waals surface area contributed by atoms with Crippen molar-refractivity contribution in [1.82, 2.24) is 0 Å². The maximum absolute atomic E-state index is 5.22. The molecule has 9 heavy (non-hydrogen) atoms. The molecule has 55 valence electrons. The predicted octanol–water partition coefficient (Wildman–Crippen LogP) is 1.61. The summed E-state index contributed by atoms with van der Waals surface area (Å²) in [6, 6.07) is 0. The molecule has 0 aliphatic carbocycles. The highest BCUT2D eigenvalue weighted by Gasteiger charge is 2.16. The van der Waals surface area contributed by atoms with E-state index in [9.17, 15) is 0 Å². The summed E-state index contributed by atoms with van der Waals surface area (Å²) < 4.78 is 10.1. The van der Waals surface area contributed by atoms with Crippen LogP contribution in [-0.4, -0.2) is 19.3 Å². The molecule has 0 aromatic rings. The average Bonchev–Trinajstić information content (AvgIpc) is 1.64. The Bertz CT molecular complexity index is 61.3. The molecule has 1 radical (unpaired) electrons.